The topological polar surface area (TPSA) is 103 Å². The fourth-order valence-corrected chi connectivity index (χ4v) is 1.95. The molecule has 0 aliphatic heterocycles. The molecule has 0 bridgehead atoms. The van der Waals surface area contributed by atoms with Gasteiger partial charge in [0.1, 0.15) is 11.5 Å². The number of anilines is 1. The fraction of sp³-hybridized carbons (Fsp3) is 0.529. The van der Waals surface area contributed by atoms with Crippen LogP contribution >= 0.6 is 11.6 Å². The zero-order valence-electron chi connectivity index (χ0n) is 14.8. The second-order valence-corrected chi connectivity index (χ2v) is 5.50. The van der Waals surface area contributed by atoms with Crippen molar-refractivity contribution in [3.8, 4) is 11.5 Å². The summed E-state index contributed by atoms with van der Waals surface area (Å²) in [5, 5.41) is 12.6. The highest BCUT2D eigenvalue weighted by Gasteiger charge is 2.10. The largest absolute Gasteiger partial charge is 0.493 e. The number of benzene rings is 1. The molecular formula is C17H24ClNO7. The van der Waals surface area contributed by atoms with Crippen LogP contribution in [0.1, 0.15) is 12.8 Å². The van der Waals surface area contributed by atoms with Gasteiger partial charge in [0, 0.05) is 12.6 Å². The minimum absolute atomic E-state index is 0.0842. The van der Waals surface area contributed by atoms with Gasteiger partial charge in [0.2, 0.25) is 0 Å². The maximum atomic E-state index is 11.2. The monoisotopic (exact) mass is 389 g/mol. The number of hydrogen-bond acceptors (Lipinski definition) is 8. The van der Waals surface area contributed by atoms with Gasteiger partial charge >= 0.3 is 11.9 Å². The van der Waals surface area contributed by atoms with Crippen molar-refractivity contribution in [2.45, 2.75) is 18.9 Å². The molecule has 2 N–H and O–H groups in total. The highest BCUT2D eigenvalue weighted by molar-refractivity contribution is 6.18. The fourth-order valence-electron chi connectivity index (χ4n) is 1.85. The molecule has 1 aromatic carbocycles. The first kappa shape index (κ1) is 21.9. The average Bonchev–Trinajstić information content (AvgIpc) is 2.66. The number of carbonyl (C=O) groups excluding carboxylic acids is 2. The van der Waals surface area contributed by atoms with Gasteiger partial charge in [-0.15, -0.1) is 11.6 Å². The number of rotatable bonds is 12. The van der Waals surface area contributed by atoms with E-state index in [4.69, 9.17) is 21.1 Å². The summed E-state index contributed by atoms with van der Waals surface area (Å²) in [6, 6.07) is 5.01. The van der Waals surface area contributed by atoms with E-state index in [1.165, 1.54) is 14.2 Å². The Balaban J connectivity index is 2.73. The van der Waals surface area contributed by atoms with Crippen molar-refractivity contribution in [3.63, 3.8) is 0 Å². The second kappa shape index (κ2) is 12.2. The van der Waals surface area contributed by atoms with Crippen molar-refractivity contribution in [1.29, 1.82) is 0 Å². The van der Waals surface area contributed by atoms with Crippen LogP contribution in [0.25, 0.3) is 0 Å². The van der Waals surface area contributed by atoms with Crippen LogP contribution in [0.2, 0.25) is 0 Å². The van der Waals surface area contributed by atoms with Crippen LogP contribution in [-0.4, -0.2) is 63.0 Å². The van der Waals surface area contributed by atoms with Crippen LogP contribution in [0.5, 0.6) is 11.5 Å². The zero-order chi connectivity index (χ0) is 19.4. The molecule has 0 spiro atoms. The molecule has 0 aliphatic carbocycles. The first-order valence-electron chi connectivity index (χ1n) is 8.01. The van der Waals surface area contributed by atoms with Gasteiger partial charge in [-0.25, -0.2) is 0 Å². The number of ether oxygens (including phenoxy) is 4. The number of nitrogens with one attached hydrogen (secondary N) is 1. The van der Waals surface area contributed by atoms with Crippen LogP contribution in [0.3, 0.4) is 0 Å². The standard InChI is InChI=1S/C17H24ClNO7/c1-23-16(21)5-7-25-13-3-4-15(26-8-6-17(22)24-2)14(9-13)19-11-12(20)10-18/h3-4,9,12,19-20H,5-8,10-11H2,1-2H3. The van der Waals surface area contributed by atoms with E-state index < -0.39 is 6.10 Å². The molecule has 0 aliphatic rings. The number of aliphatic hydroxyl groups is 1. The summed E-state index contributed by atoms with van der Waals surface area (Å²) in [5.41, 5.74) is 0.564. The van der Waals surface area contributed by atoms with Gasteiger partial charge < -0.3 is 29.4 Å². The lowest BCUT2D eigenvalue weighted by molar-refractivity contribution is -0.142. The van der Waals surface area contributed by atoms with Crippen LogP contribution in [0.4, 0.5) is 5.69 Å². The van der Waals surface area contributed by atoms with E-state index >= 15 is 0 Å². The maximum absolute atomic E-state index is 11.2. The van der Waals surface area contributed by atoms with E-state index in [-0.39, 0.29) is 50.4 Å². The maximum Gasteiger partial charge on any atom is 0.308 e. The molecule has 8 nitrogen and oxygen atoms in total. The number of aliphatic hydroxyl groups excluding tert-OH is 1. The number of hydrogen-bond donors (Lipinski definition) is 2. The number of methoxy groups -OCH3 is 2. The van der Waals surface area contributed by atoms with Crippen LogP contribution in [0, 0.1) is 0 Å². The summed E-state index contributed by atoms with van der Waals surface area (Å²) in [4.78, 5) is 22.3. The van der Waals surface area contributed by atoms with E-state index in [0.29, 0.717) is 17.2 Å². The predicted molar refractivity (Wildman–Crippen MR) is 95.9 cm³/mol. The van der Waals surface area contributed by atoms with Crippen molar-refractivity contribution < 1.29 is 33.6 Å². The Morgan fingerprint density at radius 3 is 2.31 bits per heavy atom. The van der Waals surface area contributed by atoms with Crippen molar-refractivity contribution in [3.05, 3.63) is 18.2 Å². The number of alkyl halides is 1. The Hall–Kier alpha value is -2.19. The third-order valence-electron chi connectivity index (χ3n) is 3.25. The Morgan fingerprint density at radius 2 is 1.73 bits per heavy atom. The van der Waals surface area contributed by atoms with E-state index in [0.717, 1.165) is 0 Å². The molecule has 0 radical (unpaired) electrons. The summed E-state index contributed by atoms with van der Waals surface area (Å²) in [6.07, 6.45) is -0.498. The molecule has 26 heavy (non-hydrogen) atoms. The van der Waals surface area contributed by atoms with Gasteiger partial charge in [-0.3, -0.25) is 9.59 Å². The summed E-state index contributed by atoms with van der Waals surface area (Å²) >= 11 is 5.59. The van der Waals surface area contributed by atoms with Crippen molar-refractivity contribution in [2.75, 3.05) is 45.2 Å². The lowest BCUT2D eigenvalue weighted by Gasteiger charge is -2.16. The minimum atomic E-state index is -0.733. The summed E-state index contributed by atoms with van der Waals surface area (Å²) in [5.74, 6) is 0.338. The van der Waals surface area contributed by atoms with Crippen LogP contribution < -0.4 is 14.8 Å². The predicted octanol–water partition coefficient (Wildman–Crippen LogP) is 1.58. The Labute approximate surface area is 157 Å². The van der Waals surface area contributed by atoms with Gasteiger partial charge in [-0.05, 0) is 12.1 Å². The summed E-state index contributed by atoms with van der Waals surface area (Å²) < 4.78 is 20.2. The summed E-state index contributed by atoms with van der Waals surface area (Å²) in [6.45, 7) is 0.517. The van der Waals surface area contributed by atoms with Crippen molar-refractivity contribution in [1.82, 2.24) is 0 Å². The number of esters is 2. The molecule has 0 heterocycles. The first-order chi connectivity index (χ1) is 12.5. The third-order valence-corrected chi connectivity index (χ3v) is 3.61. The zero-order valence-corrected chi connectivity index (χ0v) is 15.6. The molecule has 0 saturated carbocycles. The molecule has 1 atom stereocenters. The highest BCUT2D eigenvalue weighted by Crippen LogP contribution is 2.29. The minimum Gasteiger partial charge on any atom is -0.493 e. The third kappa shape index (κ3) is 8.26. The Kier molecular flexibility index (Phi) is 10.3. The number of carbonyl (C=O) groups is 2. The molecule has 1 rings (SSSR count). The molecule has 0 saturated heterocycles. The normalized spacial score (nSPS) is 11.4. The molecule has 1 aromatic rings. The molecule has 146 valence electrons. The van der Waals surface area contributed by atoms with Crippen molar-refractivity contribution in [2.24, 2.45) is 0 Å². The van der Waals surface area contributed by atoms with Gasteiger partial charge in [0.05, 0.1) is 57.9 Å². The van der Waals surface area contributed by atoms with Crippen LogP contribution in [-0.2, 0) is 19.1 Å². The highest BCUT2D eigenvalue weighted by atomic mass is 35.5. The van der Waals surface area contributed by atoms with Gasteiger partial charge in [-0.2, -0.15) is 0 Å². The number of halogens is 1. The van der Waals surface area contributed by atoms with E-state index in [1.807, 2.05) is 0 Å². The molecule has 0 fully saturated rings. The molecule has 9 heteroatoms. The smallest absolute Gasteiger partial charge is 0.308 e. The lowest BCUT2D eigenvalue weighted by Crippen LogP contribution is -2.21. The molecular weight excluding hydrogens is 366 g/mol. The SMILES string of the molecule is COC(=O)CCOc1ccc(OCCC(=O)OC)c(NCC(O)CCl)c1. The van der Waals surface area contributed by atoms with Gasteiger partial charge in [0.15, 0.2) is 0 Å². The molecule has 1 unspecified atom stereocenters. The van der Waals surface area contributed by atoms with E-state index in [2.05, 4.69) is 14.8 Å². The quantitative estimate of drug-likeness (QED) is 0.410. The molecule has 0 aromatic heterocycles. The van der Waals surface area contributed by atoms with E-state index in [9.17, 15) is 14.7 Å². The molecule has 0 amide bonds. The Bertz CT molecular complexity index is 582. The van der Waals surface area contributed by atoms with E-state index in [1.54, 1.807) is 18.2 Å². The lowest BCUT2D eigenvalue weighted by atomic mass is 10.2. The summed E-state index contributed by atoms with van der Waals surface area (Å²) in [7, 11) is 2.62. The van der Waals surface area contributed by atoms with Gasteiger partial charge in [-0.1, -0.05) is 0 Å². The van der Waals surface area contributed by atoms with Crippen molar-refractivity contribution >= 4 is 29.2 Å². The first-order valence-corrected chi connectivity index (χ1v) is 8.54. The van der Waals surface area contributed by atoms with Crippen LogP contribution in [0.15, 0.2) is 18.2 Å². The van der Waals surface area contributed by atoms with Gasteiger partial charge in [0.25, 0.3) is 0 Å². The second-order valence-electron chi connectivity index (χ2n) is 5.20. The Morgan fingerprint density at radius 1 is 1.12 bits per heavy atom. The average molecular weight is 390 g/mol.